The molecule has 7 heteroatoms. The molecule has 2 rings (SSSR count). The number of halogens is 1. The van der Waals surface area contributed by atoms with Gasteiger partial charge in [0, 0.05) is 39.8 Å². The van der Waals surface area contributed by atoms with E-state index in [9.17, 15) is 9.18 Å². The SMILES string of the molecule is CCNC(=NCc1ccc(N(C)C)c(F)c1)NCCc1cccc(C(=O)NC)c1. The molecular weight excluding hydrogens is 369 g/mol. The Bertz CT molecular complexity index is 851. The highest BCUT2D eigenvalue weighted by atomic mass is 19.1. The largest absolute Gasteiger partial charge is 0.375 e. The fourth-order valence-corrected chi connectivity index (χ4v) is 2.86. The van der Waals surface area contributed by atoms with Crippen molar-refractivity contribution in [3.8, 4) is 0 Å². The molecule has 0 radical (unpaired) electrons. The number of carbonyl (C=O) groups is 1. The number of carbonyl (C=O) groups excluding carboxylic acids is 1. The van der Waals surface area contributed by atoms with Gasteiger partial charge in [-0.15, -0.1) is 0 Å². The van der Waals surface area contributed by atoms with Gasteiger partial charge in [0.25, 0.3) is 5.91 Å². The molecule has 0 aliphatic heterocycles. The van der Waals surface area contributed by atoms with E-state index in [1.165, 1.54) is 6.07 Å². The number of hydrogen-bond donors (Lipinski definition) is 3. The Balaban J connectivity index is 1.96. The summed E-state index contributed by atoms with van der Waals surface area (Å²) in [4.78, 5) is 18.0. The van der Waals surface area contributed by atoms with E-state index in [2.05, 4.69) is 20.9 Å². The lowest BCUT2D eigenvalue weighted by atomic mass is 10.1. The predicted octanol–water partition coefficient (Wildman–Crippen LogP) is 2.55. The number of aliphatic imine (C=N–C) groups is 1. The van der Waals surface area contributed by atoms with Gasteiger partial charge in [-0.2, -0.15) is 0 Å². The van der Waals surface area contributed by atoms with Crippen LogP contribution >= 0.6 is 0 Å². The summed E-state index contributed by atoms with van der Waals surface area (Å²) in [5.74, 6) is 0.325. The second kappa shape index (κ2) is 11.0. The summed E-state index contributed by atoms with van der Waals surface area (Å²) in [6, 6.07) is 12.7. The first-order chi connectivity index (χ1) is 13.9. The smallest absolute Gasteiger partial charge is 0.251 e. The zero-order valence-corrected chi connectivity index (χ0v) is 17.6. The van der Waals surface area contributed by atoms with Gasteiger partial charge < -0.3 is 20.9 Å². The molecule has 0 aromatic heterocycles. The van der Waals surface area contributed by atoms with E-state index in [1.807, 2.05) is 45.3 Å². The number of benzene rings is 2. The topological polar surface area (TPSA) is 68.8 Å². The first-order valence-corrected chi connectivity index (χ1v) is 9.73. The maximum absolute atomic E-state index is 14.1. The maximum atomic E-state index is 14.1. The molecule has 1 amide bonds. The molecule has 2 aromatic rings. The highest BCUT2D eigenvalue weighted by molar-refractivity contribution is 5.94. The van der Waals surface area contributed by atoms with E-state index in [-0.39, 0.29) is 11.7 Å². The molecule has 0 atom stereocenters. The quantitative estimate of drug-likeness (QED) is 0.471. The minimum Gasteiger partial charge on any atom is -0.375 e. The van der Waals surface area contributed by atoms with Crippen molar-refractivity contribution in [3.63, 3.8) is 0 Å². The molecule has 29 heavy (non-hydrogen) atoms. The second-order valence-electron chi connectivity index (χ2n) is 6.83. The summed E-state index contributed by atoms with van der Waals surface area (Å²) >= 11 is 0. The molecule has 0 aliphatic carbocycles. The zero-order valence-electron chi connectivity index (χ0n) is 17.6. The van der Waals surface area contributed by atoms with Crippen LogP contribution in [-0.4, -0.2) is 46.1 Å². The van der Waals surface area contributed by atoms with Crippen molar-refractivity contribution in [3.05, 3.63) is 65.0 Å². The maximum Gasteiger partial charge on any atom is 0.251 e. The molecule has 0 saturated carbocycles. The van der Waals surface area contributed by atoms with Gasteiger partial charge in [0.15, 0.2) is 5.96 Å². The van der Waals surface area contributed by atoms with Gasteiger partial charge >= 0.3 is 0 Å². The fraction of sp³-hybridized carbons (Fsp3) is 0.364. The predicted molar refractivity (Wildman–Crippen MR) is 117 cm³/mol. The van der Waals surface area contributed by atoms with Crippen LogP contribution in [0.5, 0.6) is 0 Å². The Morgan fingerprint density at radius 1 is 1.10 bits per heavy atom. The van der Waals surface area contributed by atoms with Crippen molar-refractivity contribution in [2.75, 3.05) is 39.1 Å². The van der Waals surface area contributed by atoms with Crippen LogP contribution in [0, 0.1) is 5.82 Å². The lowest BCUT2D eigenvalue weighted by Gasteiger charge is -2.14. The van der Waals surface area contributed by atoms with E-state index in [0.29, 0.717) is 30.3 Å². The molecular formula is C22H30FN5O. The average Bonchev–Trinajstić information content (AvgIpc) is 2.71. The Hall–Kier alpha value is -3.09. The Morgan fingerprint density at radius 2 is 1.90 bits per heavy atom. The number of nitrogens with zero attached hydrogens (tertiary/aromatic N) is 2. The molecule has 0 fully saturated rings. The molecule has 3 N–H and O–H groups in total. The molecule has 2 aromatic carbocycles. The molecule has 6 nitrogen and oxygen atoms in total. The molecule has 0 bridgehead atoms. The van der Waals surface area contributed by atoms with Gasteiger partial charge in [-0.05, 0) is 48.7 Å². The normalized spacial score (nSPS) is 11.1. The van der Waals surface area contributed by atoms with E-state index in [4.69, 9.17) is 0 Å². The summed E-state index contributed by atoms with van der Waals surface area (Å²) in [6.45, 7) is 3.77. The van der Waals surface area contributed by atoms with E-state index < -0.39 is 0 Å². The van der Waals surface area contributed by atoms with Crippen LogP contribution in [0.4, 0.5) is 10.1 Å². The molecule has 0 saturated heterocycles. The summed E-state index contributed by atoms with van der Waals surface area (Å²) in [5, 5.41) is 9.11. The van der Waals surface area contributed by atoms with Crippen molar-refractivity contribution < 1.29 is 9.18 Å². The highest BCUT2D eigenvalue weighted by Gasteiger charge is 2.06. The van der Waals surface area contributed by atoms with Gasteiger partial charge in [-0.25, -0.2) is 9.38 Å². The zero-order chi connectivity index (χ0) is 21.2. The Kier molecular flexibility index (Phi) is 8.45. The van der Waals surface area contributed by atoms with Crippen LogP contribution in [0.1, 0.15) is 28.4 Å². The van der Waals surface area contributed by atoms with Crippen molar-refractivity contribution in [2.24, 2.45) is 4.99 Å². The third-order valence-corrected chi connectivity index (χ3v) is 4.38. The van der Waals surface area contributed by atoms with Crippen molar-refractivity contribution in [1.82, 2.24) is 16.0 Å². The van der Waals surface area contributed by atoms with Crippen molar-refractivity contribution >= 4 is 17.6 Å². The van der Waals surface area contributed by atoms with E-state index >= 15 is 0 Å². The molecule has 0 heterocycles. The van der Waals surface area contributed by atoms with Crippen LogP contribution in [0.15, 0.2) is 47.5 Å². The van der Waals surface area contributed by atoms with Gasteiger partial charge in [-0.1, -0.05) is 18.2 Å². The van der Waals surface area contributed by atoms with Gasteiger partial charge in [0.1, 0.15) is 5.82 Å². The number of amides is 1. The standard InChI is InChI=1S/C22H30FN5O/c1-5-25-22(27-15-17-9-10-20(28(3)4)19(23)14-17)26-12-11-16-7-6-8-18(13-16)21(29)24-2/h6-10,13-14H,5,11-12,15H2,1-4H3,(H,24,29)(H2,25,26,27). The molecule has 156 valence electrons. The third kappa shape index (κ3) is 6.78. The lowest BCUT2D eigenvalue weighted by molar-refractivity contribution is 0.0963. The van der Waals surface area contributed by atoms with Crippen LogP contribution < -0.4 is 20.9 Å². The van der Waals surface area contributed by atoms with Crippen LogP contribution in [0.25, 0.3) is 0 Å². The summed E-state index contributed by atoms with van der Waals surface area (Å²) in [6.07, 6.45) is 0.751. The number of guanidine groups is 1. The summed E-state index contributed by atoms with van der Waals surface area (Å²) in [7, 11) is 5.25. The monoisotopic (exact) mass is 399 g/mol. The second-order valence-corrected chi connectivity index (χ2v) is 6.83. The summed E-state index contributed by atoms with van der Waals surface area (Å²) in [5.41, 5.74) is 3.08. The number of hydrogen-bond acceptors (Lipinski definition) is 3. The van der Waals surface area contributed by atoms with Gasteiger partial charge in [-0.3, -0.25) is 4.79 Å². The molecule has 0 spiro atoms. The average molecular weight is 400 g/mol. The van der Waals surface area contributed by atoms with Gasteiger partial charge in [0.05, 0.1) is 12.2 Å². The fourth-order valence-electron chi connectivity index (χ4n) is 2.86. The number of rotatable bonds is 8. The van der Waals surface area contributed by atoms with E-state index in [1.54, 1.807) is 24.1 Å². The Morgan fingerprint density at radius 3 is 2.55 bits per heavy atom. The highest BCUT2D eigenvalue weighted by Crippen LogP contribution is 2.18. The Labute approximate surface area is 172 Å². The number of anilines is 1. The van der Waals surface area contributed by atoms with Crippen molar-refractivity contribution in [1.29, 1.82) is 0 Å². The first kappa shape index (κ1) is 22.2. The van der Waals surface area contributed by atoms with Crippen LogP contribution in [0.3, 0.4) is 0 Å². The minimum absolute atomic E-state index is 0.0952. The lowest BCUT2D eigenvalue weighted by Crippen LogP contribution is -2.38. The number of nitrogens with one attached hydrogen (secondary N) is 3. The third-order valence-electron chi connectivity index (χ3n) is 4.38. The first-order valence-electron chi connectivity index (χ1n) is 9.73. The van der Waals surface area contributed by atoms with Crippen molar-refractivity contribution in [2.45, 2.75) is 19.9 Å². The van der Waals surface area contributed by atoms with Gasteiger partial charge in [0.2, 0.25) is 0 Å². The summed E-state index contributed by atoms with van der Waals surface area (Å²) < 4.78 is 14.1. The van der Waals surface area contributed by atoms with E-state index in [0.717, 1.165) is 24.1 Å². The minimum atomic E-state index is -0.253. The van der Waals surface area contributed by atoms with Crippen LogP contribution in [-0.2, 0) is 13.0 Å². The molecule has 0 aliphatic rings. The van der Waals surface area contributed by atoms with Crippen LogP contribution in [0.2, 0.25) is 0 Å². The molecule has 0 unspecified atom stereocenters.